The molecule has 0 aliphatic heterocycles. The third kappa shape index (κ3) is 4.97. The lowest BCUT2D eigenvalue weighted by Crippen LogP contribution is -1.97. The van der Waals surface area contributed by atoms with Gasteiger partial charge in [-0.2, -0.15) is 5.26 Å². The predicted octanol–water partition coefficient (Wildman–Crippen LogP) is 6.88. The average Bonchev–Trinajstić information content (AvgIpc) is 2.67. The van der Waals surface area contributed by atoms with Crippen LogP contribution in [0.25, 0.3) is 11.6 Å². The molecule has 0 aliphatic carbocycles. The standard InChI is InChI=1S/C22H14BrClFNO/c23-18-7-10-22(27-14-15-5-8-19(24)9-6-15)16(12-18)11-17(13-26)20-3-1-2-4-21(20)25/h1-12H,14H2. The van der Waals surface area contributed by atoms with E-state index in [-0.39, 0.29) is 11.1 Å². The Kier molecular flexibility index (Phi) is 6.28. The molecule has 0 heterocycles. The molecule has 0 N–H and O–H groups in total. The smallest absolute Gasteiger partial charge is 0.131 e. The van der Waals surface area contributed by atoms with Crippen molar-refractivity contribution in [3.63, 3.8) is 0 Å². The van der Waals surface area contributed by atoms with Gasteiger partial charge in [0, 0.05) is 20.6 Å². The van der Waals surface area contributed by atoms with Gasteiger partial charge in [-0.1, -0.05) is 57.9 Å². The van der Waals surface area contributed by atoms with Crippen molar-refractivity contribution in [3.8, 4) is 11.8 Å². The van der Waals surface area contributed by atoms with Gasteiger partial charge < -0.3 is 4.74 Å². The number of allylic oxidation sites excluding steroid dienone is 1. The van der Waals surface area contributed by atoms with E-state index in [1.807, 2.05) is 30.3 Å². The highest BCUT2D eigenvalue weighted by atomic mass is 79.9. The zero-order chi connectivity index (χ0) is 19.2. The van der Waals surface area contributed by atoms with Crippen molar-refractivity contribution in [2.75, 3.05) is 0 Å². The van der Waals surface area contributed by atoms with Gasteiger partial charge in [-0.25, -0.2) is 4.39 Å². The molecule has 5 heteroatoms. The van der Waals surface area contributed by atoms with Crippen molar-refractivity contribution >= 4 is 39.2 Å². The molecule has 0 amide bonds. The Balaban J connectivity index is 1.92. The molecule has 0 aliphatic rings. The van der Waals surface area contributed by atoms with Crippen LogP contribution in [0.15, 0.2) is 71.2 Å². The summed E-state index contributed by atoms with van der Waals surface area (Å²) < 4.78 is 20.8. The number of nitrogens with zero attached hydrogens (tertiary/aromatic N) is 1. The van der Waals surface area contributed by atoms with Crippen LogP contribution in [0, 0.1) is 17.1 Å². The molecule has 0 aromatic heterocycles. The summed E-state index contributed by atoms with van der Waals surface area (Å²) in [7, 11) is 0. The van der Waals surface area contributed by atoms with Crippen LogP contribution in [0.1, 0.15) is 16.7 Å². The summed E-state index contributed by atoms with van der Waals surface area (Å²) in [5.41, 5.74) is 2.12. The molecule has 3 rings (SSSR count). The van der Waals surface area contributed by atoms with Crippen LogP contribution in [0.3, 0.4) is 0 Å². The zero-order valence-electron chi connectivity index (χ0n) is 14.1. The maximum Gasteiger partial charge on any atom is 0.131 e. The van der Waals surface area contributed by atoms with Gasteiger partial charge in [0.2, 0.25) is 0 Å². The molecular formula is C22H14BrClFNO. The number of rotatable bonds is 5. The van der Waals surface area contributed by atoms with E-state index in [0.717, 1.165) is 10.0 Å². The Morgan fingerprint density at radius 1 is 1.11 bits per heavy atom. The minimum absolute atomic E-state index is 0.225. The molecule has 27 heavy (non-hydrogen) atoms. The van der Waals surface area contributed by atoms with E-state index in [2.05, 4.69) is 22.0 Å². The largest absolute Gasteiger partial charge is 0.488 e. The normalized spacial score (nSPS) is 11.1. The molecular weight excluding hydrogens is 429 g/mol. The first kappa shape index (κ1) is 19.2. The van der Waals surface area contributed by atoms with Gasteiger partial charge in [-0.3, -0.25) is 0 Å². The van der Waals surface area contributed by atoms with Crippen molar-refractivity contribution in [2.24, 2.45) is 0 Å². The van der Waals surface area contributed by atoms with Gasteiger partial charge in [0.05, 0.1) is 11.6 Å². The molecule has 2 nitrogen and oxygen atoms in total. The Morgan fingerprint density at radius 2 is 1.85 bits per heavy atom. The quantitative estimate of drug-likeness (QED) is 0.318. The number of hydrogen-bond donors (Lipinski definition) is 0. The first-order chi connectivity index (χ1) is 13.1. The van der Waals surface area contributed by atoms with E-state index >= 15 is 0 Å². The van der Waals surface area contributed by atoms with E-state index in [1.54, 1.807) is 36.4 Å². The van der Waals surface area contributed by atoms with Crippen molar-refractivity contribution in [1.29, 1.82) is 5.26 Å². The van der Waals surface area contributed by atoms with Crippen molar-refractivity contribution in [1.82, 2.24) is 0 Å². The van der Waals surface area contributed by atoms with Crippen LogP contribution >= 0.6 is 27.5 Å². The van der Waals surface area contributed by atoms with E-state index in [9.17, 15) is 9.65 Å². The lowest BCUT2D eigenvalue weighted by Gasteiger charge is -2.11. The van der Waals surface area contributed by atoms with Gasteiger partial charge in [0.15, 0.2) is 0 Å². The summed E-state index contributed by atoms with van der Waals surface area (Å²) in [6.45, 7) is 0.348. The number of hydrogen-bond acceptors (Lipinski definition) is 2. The second-order valence-corrected chi connectivity index (χ2v) is 7.10. The van der Waals surface area contributed by atoms with Crippen LogP contribution in [0.2, 0.25) is 5.02 Å². The molecule has 134 valence electrons. The third-order valence-corrected chi connectivity index (χ3v) is 4.61. The number of benzene rings is 3. The fraction of sp³-hybridized carbons (Fsp3) is 0.0455. The van der Waals surface area contributed by atoms with Crippen LogP contribution in [0.4, 0.5) is 4.39 Å². The van der Waals surface area contributed by atoms with Crippen molar-refractivity contribution in [2.45, 2.75) is 6.61 Å². The van der Waals surface area contributed by atoms with Crippen LogP contribution < -0.4 is 4.74 Å². The minimum atomic E-state index is -0.441. The van der Waals surface area contributed by atoms with Gasteiger partial charge >= 0.3 is 0 Å². The molecule has 0 saturated heterocycles. The zero-order valence-corrected chi connectivity index (χ0v) is 16.5. The second kappa shape index (κ2) is 8.85. The Labute approximate surface area is 170 Å². The molecule has 0 bridgehead atoms. The summed E-state index contributed by atoms with van der Waals surface area (Å²) in [6.07, 6.45) is 1.63. The molecule has 0 unspecified atom stereocenters. The molecule has 0 spiro atoms. The fourth-order valence-electron chi connectivity index (χ4n) is 2.51. The molecule has 0 radical (unpaired) electrons. The van der Waals surface area contributed by atoms with E-state index in [0.29, 0.717) is 22.9 Å². The maximum atomic E-state index is 14.1. The topological polar surface area (TPSA) is 33.0 Å². The summed E-state index contributed by atoms with van der Waals surface area (Å²) in [5.74, 6) is 0.154. The van der Waals surface area contributed by atoms with Crippen molar-refractivity contribution < 1.29 is 9.13 Å². The van der Waals surface area contributed by atoms with Gasteiger partial charge in [0.1, 0.15) is 18.2 Å². The summed E-state index contributed by atoms with van der Waals surface area (Å²) in [5, 5.41) is 10.2. The Morgan fingerprint density at radius 3 is 2.56 bits per heavy atom. The van der Waals surface area contributed by atoms with Crippen LogP contribution in [0.5, 0.6) is 5.75 Å². The highest BCUT2D eigenvalue weighted by Gasteiger charge is 2.10. The van der Waals surface area contributed by atoms with Gasteiger partial charge in [-0.05, 0) is 48.0 Å². The monoisotopic (exact) mass is 441 g/mol. The lowest BCUT2D eigenvalue weighted by atomic mass is 10.0. The lowest BCUT2D eigenvalue weighted by molar-refractivity contribution is 0.305. The maximum absolute atomic E-state index is 14.1. The van der Waals surface area contributed by atoms with Crippen molar-refractivity contribution in [3.05, 3.63) is 98.7 Å². The summed E-state index contributed by atoms with van der Waals surface area (Å²) in [6, 6.07) is 21.1. The fourth-order valence-corrected chi connectivity index (χ4v) is 3.02. The number of ether oxygens (including phenoxy) is 1. The molecule has 3 aromatic rings. The number of halogens is 3. The van der Waals surface area contributed by atoms with Crippen LogP contribution in [-0.2, 0) is 6.61 Å². The van der Waals surface area contributed by atoms with Gasteiger partial charge in [0.25, 0.3) is 0 Å². The van der Waals surface area contributed by atoms with E-state index < -0.39 is 5.82 Å². The molecule has 0 atom stereocenters. The Hall–Kier alpha value is -2.61. The first-order valence-corrected chi connectivity index (χ1v) is 9.27. The summed E-state index contributed by atoms with van der Waals surface area (Å²) >= 11 is 9.33. The molecule has 0 saturated carbocycles. The minimum Gasteiger partial charge on any atom is -0.488 e. The Bertz CT molecular complexity index is 1030. The summed E-state index contributed by atoms with van der Waals surface area (Å²) in [4.78, 5) is 0. The van der Waals surface area contributed by atoms with E-state index in [4.69, 9.17) is 16.3 Å². The first-order valence-electron chi connectivity index (χ1n) is 8.10. The SMILES string of the molecule is N#CC(=Cc1cc(Br)ccc1OCc1ccc(Cl)cc1)c1ccccc1F. The predicted molar refractivity (Wildman–Crippen MR) is 110 cm³/mol. The molecule has 0 fully saturated rings. The average molecular weight is 443 g/mol. The number of nitriles is 1. The molecule has 3 aromatic carbocycles. The third-order valence-electron chi connectivity index (χ3n) is 3.86. The highest BCUT2D eigenvalue weighted by molar-refractivity contribution is 9.10. The second-order valence-electron chi connectivity index (χ2n) is 5.75. The van der Waals surface area contributed by atoms with Crippen LogP contribution in [-0.4, -0.2) is 0 Å². The van der Waals surface area contributed by atoms with E-state index in [1.165, 1.54) is 6.07 Å². The van der Waals surface area contributed by atoms with Gasteiger partial charge in [-0.15, -0.1) is 0 Å². The highest BCUT2D eigenvalue weighted by Crippen LogP contribution is 2.29.